The first-order valence-electron chi connectivity index (χ1n) is 11.6. The van der Waals surface area contributed by atoms with Crippen molar-refractivity contribution in [1.29, 1.82) is 0 Å². The van der Waals surface area contributed by atoms with Gasteiger partial charge in [0.2, 0.25) is 5.91 Å². The molecule has 1 unspecified atom stereocenters. The number of halogens is 1. The molecule has 2 saturated heterocycles. The molecule has 0 radical (unpaired) electrons. The molecule has 0 saturated carbocycles. The molecule has 1 atom stereocenters. The predicted molar refractivity (Wildman–Crippen MR) is 123 cm³/mol. The van der Waals surface area contributed by atoms with Crippen LogP contribution in [0.5, 0.6) is 0 Å². The molecule has 2 aliphatic rings. The molecule has 6 nitrogen and oxygen atoms in total. The summed E-state index contributed by atoms with van der Waals surface area (Å²) in [7, 11) is 0. The quantitative estimate of drug-likeness (QED) is 0.758. The monoisotopic (exact) mass is 451 g/mol. The lowest BCUT2D eigenvalue weighted by molar-refractivity contribution is -0.134. The van der Waals surface area contributed by atoms with Crippen LogP contribution in [-0.4, -0.2) is 59.7 Å². The fourth-order valence-electron chi connectivity index (χ4n) is 4.69. The van der Waals surface area contributed by atoms with Gasteiger partial charge in [0.15, 0.2) is 0 Å². The van der Waals surface area contributed by atoms with Gasteiger partial charge in [-0.15, -0.1) is 0 Å². The summed E-state index contributed by atoms with van der Waals surface area (Å²) in [6, 6.07) is 12.6. The Morgan fingerprint density at radius 1 is 0.909 bits per heavy atom. The highest BCUT2D eigenvalue weighted by Crippen LogP contribution is 2.25. The number of nitrogens with one attached hydrogen (secondary N) is 1. The number of aryl methyl sites for hydroxylation is 1. The molecule has 0 spiro atoms. The van der Waals surface area contributed by atoms with Gasteiger partial charge in [0.05, 0.1) is 5.56 Å². The molecule has 7 heteroatoms. The molecule has 4 rings (SSSR count). The molecule has 3 amide bonds. The van der Waals surface area contributed by atoms with Crippen molar-refractivity contribution in [2.45, 2.75) is 38.6 Å². The van der Waals surface area contributed by atoms with Crippen LogP contribution < -0.4 is 5.32 Å². The number of carbonyl (C=O) groups is 3. The molecular weight excluding hydrogens is 421 g/mol. The largest absolute Gasteiger partial charge is 0.341 e. The smallest absolute Gasteiger partial charge is 0.256 e. The molecule has 1 N–H and O–H groups in total. The van der Waals surface area contributed by atoms with Crippen molar-refractivity contribution in [3.05, 3.63) is 71.0 Å². The lowest BCUT2D eigenvalue weighted by atomic mass is 9.88. The van der Waals surface area contributed by atoms with Crippen LogP contribution in [0.3, 0.4) is 0 Å². The fraction of sp³-hybridized carbons (Fsp3) is 0.423. The molecule has 2 fully saturated rings. The summed E-state index contributed by atoms with van der Waals surface area (Å²) in [6.07, 6.45) is 3.08. The molecule has 0 aromatic heterocycles. The Balaban J connectivity index is 1.46. The van der Waals surface area contributed by atoms with Crippen LogP contribution in [0, 0.1) is 18.7 Å². The average molecular weight is 452 g/mol. The number of likely N-dealkylation sites (tertiary alicyclic amines) is 2. The van der Waals surface area contributed by atoms with E-state index >= 15 is 0 Å². The Bertz CT molecular complexity index is 1010. The van der Waals surface area contributed by atoms with E-state index in [0.29, 0.717) is 44.6 Å². The molecule has 174 valence electrons. The minimum atomic E-state index is -0.636. The van der Waals surface area contributed by atoms with Crippen LogP contribution in [0.1, 0.15) is 52.0 Å². The van der Waals surface area contributed by atoms with Gasteiger partial charge in [-0.25, -0.2) is 4.39 Å². The lowest BCUT2D eigenvalue weighted by Crippen LogP contribution is -2.54. The average Bonchev–Trinajstić information content (AvgIpc) is 3.38. The third kappa shape index (κ3) is 5.24. The third-order valence-corrected chi connectivity index (χ3v) is 6.69. The second-order valence-electron chi connectivity index (χ2n) is 8.96. The van der Waals surface area contributed by atoms with Gasteiger partial charge in [0.25, 0.3) is 11.8 Å². The molecule has 2 aromatic rings. The first-order valence-corrected chi connectivity index (χ1v) is 11.6. The van der Waals surface area contributed by atoms with E-state index in [1.165, 1.54) is 12.1 Å². The maximum atomic E-state index is 14.1. The zero-order valence-electron chi connectivity index (χ0n) is 18.9. The number of hydrogen-bond acceptors (Lipinski definition) is 3. The van der Waals surface area contributed by atoms with Gasteiger partial charge < -0.3 is 15.1 Å². The van der Waals surface area contributed by atoms with Gasteiger partial charge in [-0.2, -0.15) is 0 Å². The SMILES string of the molecule is Cc1ccc(C(=O)NC(C(=O)N2CCCC2)C2CCN(C(=O)c3ccccc3F)CC2)cc1. The Morgan fingerprint density at radius 2 is 1.55 bits per heavy atom. The number of benzene rings is 2. The van der Waals surface area contributed by atoms with Crippen LogP contribution in [-0.2, 0) is 4.79 Å². The number of hydrogen-bond donors (Lipinski definition) is 1. The van der Waals surface area contributed by atoms with Crippen molar-refractivity contribution >= 4 is 17.7 Å². The van der Waals surface area contributed by atoms with Gasteiger partial charge in [0.1, 0.15) is 11.9 Å². The molecule has 2 aromatic carbocycles. The van der Waals surface area contributed by atoms with Crippen molar-refractivity contribution in [2.75, 3.05) is 26.2 Å². The second kappa shape index (κ2) is 10.1. The molecule has 0 aliphatic carbocycles. The number of nitrogens with zero attached hydrogens (tertiary/aromatic N) is 2. The normalized spacial score (nSPS) is 17.6. The zero-order valence-corrected chi connectivity index (χ0v) is 18.9. The standard InChI is InChI=1S/C26H30FN3O3/c1-18-8-10-20(11-9-18)24(31)28-23(26(33)29-14-4-5-15-29)19-12-16-30(17-13-19)25(32)21-6-2-3-7-22(21)27/h2-3,6-11,19,23H,4-5,12-17H2,1H3,(H,28,31). The molecular formula is C26H30FN3O3. The van der Waals surface area contributed by atoms with Gasteiger partial charge in [-0.05, 0) is 62.8 Å². The fourth-order valence-corrected chi connectivity index (χ4v) is 4.69. The van der Waals surface area contributed by atoms with Crippen LogP contribution in [0.15, 0.2) is 48.5 Å². The Morgan fingerprint density at radius 3 is 2.18 bits per heavy atom. The van der Waals surface area contributed by atoms with E-state index in [1.54, 1.807) is 29.2 Å². The first-order chi connectivity index (χ1) is 15.9. The number of rotatable bonds is 5. The second-order valence-corrected chi connectivity index (χ2v) is 8.96. The van der Waals surface area contributed by atoms with E-state index in [9.17, 15) is 18.8 Å². The molecule has 2 heterocycles. The zero-order chi connectivity index (χ0) is 23.4. The van der Waals surface area contributed by atoms with Gasteiger partial charge in [-0.3, -0.25) is 14.4 Å². The highest BCUT2D eigenvalue weighted by Gasteiger charge is 2.37. The number of carbonyl (C=O) groups excluding carboxylic acids is 3. The molecule has 33 heavy (non-hydrogen) atoms. The summed E-state index contributed by atoms with van der Waals surface area (Å²) in [5.74, 6) is -1.27. The van der Waals surface area contributed by atoms with E-state index in [0.717, 1.165) is 18.4 Å². The summed E-state index contributed by atoms with van der Waals surface area (Å²) in [4.78, 5) is 42.5. The summed E-state index contributed by atoms with van der Waals surface area (Å²) >= 11 is 0. The first kappa shape index (κ1) is 23.0. The van der Waals surface area contributed by atoms with Crippen LogP contribution in [0.4, 0.5) is 4.39 Å². The van der Waals surface area contributed by atoms with E-state index in [4.69, 9.17) is 0 Å². The van der Waals surface area contributed by atoms with Crippen LogP contribution in [0.25, 0.3) is 0 Å². The molecule has 2 aliphatic heterocycles. The molecule has 0 bridgehead atoms. The Kier molecular flexibility index (Phi) is 7.06. The van der Waals surface area contributed by atoms with Crippen molar-refractivity contribution in [1.82, 2.24) is 15.1 Å². The van der Waals surface area contributed by atoms with E-state index in [-0.39, 0.29) is 29.2 Å². The summed E-state index contributed by atoms with van der Waals surface area (Å²) in [5.41, 5.74) is 1.64. The maximum Gasteiger partial charge on any atom is 0.256 e. The summed E-state index contributed by atoms with van der Waals surface area (Å²) in [5, 5.41) is 2.99. The van der Waals surface area contributed by atoms with Crippen molar-refractivity contribution in [3.63, 3.8) is 0 Å². The summed E-state index contributed by atoms with van der Waals surface area (Å²) < 4.78 is 14.1. The van der Waals surface area contributed by atoms with Crippen molar-refractivity contribution < 1.29 is 18.8 Å². The van der Waals surface area contributed by atoms with Gasteiger partial charge >= 0.3 is 0 Å². The predicted octanol–water partition coefficient (Wildman–Crippen LogP) is 3.41. The minimum Gasteiger partial charge on any atom is -0.341 e. The van der Waals surface area contributed by atoms with Crippen LogP contribution >= 0.6 is 0 Å². The van der Waals surface area contributed by atoms with E-state index in [2.05, 4.69) is 5.32 Å². The number of amides is 3. The Hall–Kier alpha value is -3.22. The minimum absolute atomic E-state index is 0.0492. The maximum absolute atomic E-state index is 14.1. The number of piperidine rings is 1. The van der Waals surface area contributed by atoms with E-state index < -0.39 is 11.9 Å². The third-order valence-electron chi connectivity index (χ3n) is 6.69. The highest BCUT2D eigenvalue weighted by molar-refractivity contribution is 5.98. The lowest BCUT2D eigenvalue weighted by Gasteiger charge is -2.37. The highest BCUT2D eigenvalue weighted by atomic mass is 19.1. The van der Waals surface area contributed by atoms with Crippen molar-refractivity contribution in [3.8, 4) is 0 Å². The Labute approximate surface area is 193 Å². The van der Waals surface area contributed by atoms with Gasteiger partial charge in [-0.1, -0.05) is 29.8 Å². The van der Waals surface area contributed by atoms with Gasteiger partial charge in [0, 0.05) is 31.7 Å². The summed E-state index contributed by atoms with van der Waals surface area (Å²) in [6.45, 7) is 4.21. The van der Waals surface area contributed by atoms with Crippen molar-refractivity contribution in [2.24, 2.45) is 5.92 Å². The van der Waals surface area contributed by atoms with E-state index in [1.807, 2.05) is 24.0 Å². The topological polar surface area (TPSA) is 69.7 Å². The van der Waals surface area contributed by atoms with Crippen LogP contribution in [0.2, 0.25) is 0 Å².